The molecule has 0 saturated carbocycles. The largest absolute Gasteiger partial charge is 0.368 e. The van der Waals surface area contributed by atoms with E-state index in [9.17, 15) is 9.59 Å². The van der Waals surface area contributed by atoms with Crippen molar-refractivity contribution in [1.29, 1.82) is 0 Å². The summed E-state index contributed by atoms with van der Waals surface area (Å²) in [7, 11) is 0. The lowest BCUT2D eigenvalue weighted by atomic mass is 10.2. The molecule has 3 amide bonds. The highest BCUT2D eigenvalue weighted by Gasteiger charge is 2.23. The summed E-state index contributed by atoms with van der Waals surface area (Å²) in [6, 6.07) is 6.21. The van der Waals surface area contributed by atoms with Crippen LogP contribution in [-0.2, 0) is 11.3 Å². The van der Waals surface area contributed by atoms with Crippen LogP contribution in [0, 0.1) is 0 Å². The van der Waals surface area contributed by atoms with Gasteiger partial charge in [-0.1, -0.05) is 5.16 Å². The predicted molar refractivity (Wildman–Crippen MR) is 92.5 cm³/mol. The van der Waals surface area contributed by atoms with Crippen LogP contribution < -0.4 is 16.0 Å². The monoisotopic (exact) mass is 359 g/mol. The Labute approximate surface area is 150 Å². The van der Waals surface area contributed by atoms with Crippen molar-refractivity contribution in [2.75, 3.05) is 18.5 Å². The molecule has 0 spiro atoms. The number of anilines is 1. The minimum Gasteiger partial charge on any atom is -0.368 e. The third-order valence-electron chi connectivity index (χ3n) is 3.84. The summed E-state index contributed by atoms with van der Waals surface area (Å²) in [5.41, 5.74) is 1.11. The molecule has 0 bridgehead atoms. The number of benzene rings is 1. The number of hydrogen-bond acceptors (Lipinski definition) is 6. The molecular weight excluding hydrogens is 338 g/mol. The summed E-state index contributed by atoms with van der Waals surface area (Å²) >= 11 is 0. The molecule has 26 heavy (non-hydrogen) atoms. The molecule has 0 aliphatic carbocycles. The molecule has 9 heteroatoms. The number of carbonyl (C=O) groups excluding carboxylic acids is 2. The van der Waals surface area contributed by atoms with Crippen LogP contribution in [0.1, 0.15) is 47.9 Å². The van der Waals surface area contributed by atoms with Crippen LogP contribution in [0.5, 0.6) is 0 Å². The van der Waals surface area contributed by atoms with Crippen LogP contribution in [0.3, 0.4) is 0 Å². The highest BCUT2D eigenvalue weighted by Crippen LogP contribution is 2.26. The molecule has 1 fully saturated rings. The van der Waals surface area contributed by atoms with Gasteiger partial charge in [0.25, 0.3) is 11.8 Å². The molecule has 138 valence electrons. The van der Waals surface area contributed by atoms with Gasteiger partial charge in [0.2, 0.25) is 0 Å². The maximum atomic E-state index is 12.0. The SMILES string of the molecule is CCNC(=O)c1ccc(NC(=O)NCc2noc(C3CCCO3)n2)cc1. The smallest absolute Gasteiger partial charge is 0.319 e. The van der Waals surface area contributed by atoms with Gasteiger partial charge in [-0.3, -0.25) is 4.79 Å². The lowest BCUT2D eigenvalue weighted by Crippen LogP contribution is -2.28. The zero-order valence-electron chi connectivity index (χ0n) is 14.4. The van der Waals surface area contributed by atoms with Gasteiger partial charge in [-0.15, -0.1) is 0 Å². The van der Waals surface area contributed by atoms with E-state index in [-0.39, 0.29) is 18.6 Å². The maximum absolute atomic E-state index is 12.0. The second-order valence-corrected chi connectivity index (χ2v) is 5.79. The summed E-state index contributed by atoms with van der Waals surface area (Å²) in [5, 5.41) is 11.9. The van der Waals surface area contributed by atoms with Crippen molar-refractivity contribution in [3.8, 4) is 0 Å². The number of hydrogen-bond donors (Lipinski definition) is 3. The molecule has 1 aliphatic rings. The Morgan fingerprint density at radius 3 is 2.73 bits per heavy atom. The van der Waals surface area contributed by atoms with Crippen molar-refractivity contribution in [1.82, 2.24) is 20.8 Å². The van der Waals surface area contributed by atoms with Gasteiger partial charge < -0.3 is 25.2 Å². The van der Waals surface area contributed by atoms with E-state index in [0.29, 0.717) is 36.1 Å². The Hall–Kier alpha value is -2.94. The Morgan fingerprint density at radius 1 is 1.23 bits per heavy atom. The molecule has 9 nitrogen and oxygen atoms in total. The summed E-state index contributed by atoms with van der Waals surface area (Å²) < 4.78 is 10.6. The molecule has 0 radical (unpaired) electrons. The minimum atomic E-state index is -0.403. The van der Waals surface area contributed by atoms with Crippen LogP contribution >= 0.6 is 0 Å². The lowest BCUT2D eigenvalue weighted by molar-refractivity contribution is 0.0835. The van der Waals surface area contributed by atoms with E-state index in [4.69, 9.17) is 9.26 Å². The zero-order chi connectivity index (χ0) is 18.4. The van der Waals surface area contributed by atoms with Crippen molar-refractivity contribution in [3.05, 3.63) is 41.5 Å². The van der Waals surface area contributed by atoms with Crippen molar-refractivity contribution in [2.24, 2.45) is 0 Å². The molecule has 3 N–H and O–H groups in total. The van der Waals surface area contributed by atoms with Crippen LogP contribution in [0.2, 0.25) is 0 Å². The number of rotatable bonds is 6. The van der Waals surface area contributed by atoms with E-state index in [2.05, 4.69) is 26.1 Å². The van der Waals surface area contributed by atoms with E-state index < -0.39 is 6.03 Å². The van der Waals surface area contributed by atoms with Crippen molar-refractivity contribution in [3.63, 3.8) is 0 Å². The Bertz CT molecular complexity index is 753. The van der Waals surface area contributed by atoms with Gasteiger partial charge in [-0.25, -0.2) is 4.79 Å². The van der Waals surface area contributed by atoms with Crippen LogP contribution in [0.25, 0.3) is 0 Å². The second-order valence-electron chi connectivity index (χ2n) is 5.79. The van der Waals surface area contributed by atoms with Gasteiger partial charge in [0.1, 0.15) is 6.10 Å². The number of carbonyl (C=O) groups is 2. The predicted octanol–water partition coefficient (Wildman–Crippen LogP) is 1.99. The lowest BCUT2D eigenvalue weighted by Gasteiger charge is -2.07. The molecule has 1 unspecified atom stereocenters. The Kier molecular flexibility index (Phi) is 5.80. The number of urea groups is 1. The number of nitrogens with one attached hydrogen (secondary N) is 3. The van der Waals surface area contributed by atoms with Crippen LogP contribution in [-0.4, -0.2) is 35.2 Å². The molecule has 3 rings (SSSR count). The molecule has 1 saturated heterocycles. The second kappa shape index (κ2) is 8.43. The fraction of sp³-hybridized carbons (Fsp3) is 0.412. The Balaban J connectivity index is 1.47. The first kappa shape index (κ1) is 17.9. The number of aromatic nitrogens is 2. The molecule has 1 aliphatic heterocycles. The number of nitrogens with zero attached hydrogens (tertiary/aromatic N) is 2. The Morgan fingerprint density at radius 2 is 2.04 bits per heavy atom. The molecule has 1 aromatic heterocycles. The van der Waals surface area contributed by atoms with E-state index in [1.165, 1.54) is 0 Å². The highest BCUT2D eigenvalue weighted by molar-refractivity contribution is 5.95. The van der Waals surface area contributed by atoms with Gasteiger partial charge in [0, 0.05) is 24.4 Å². The van der Waals surface area contributed by atoms with Crippen LogP contribution in [0.15, 0.2) is 28.8 Å². The van der Waals surface area contributed by atoms with Crippen LogP contribution in [0.4, 0.5) is 10.5 Å². The first-order valence-electron chi connectivity index (χ1n) is 8.53. The molecule has 2 heterocycles. The number of ether oxygens (including phenoxy) is 1. The minimum absolute atomic E-state index is 0.138. The van der Waals surface area contributed by atoms with Gasteiger partial charge in [0.15, 0.2) is 5.82 Å². The summed E-state index contributed by atoms with van der Waals surface area (Å²) in [6.07, 6.45) is 1.69. The maximum Gasteiger partial charge on any atom is 0.319 e. The van der Waals surface area contributed by atoms with Crippen molar-refractivity contribution < 1.29 is 18.8 Å². The average molecular weight is 359 g/mol. The molecule has 2 aromatic rings. The van der Waals surface area contributed by atoms with E-state index in [1.54, 1.807) is 24.3 Å². The van der Waals surface area contributed by atoms with E-state index >= 15 is 0 Å². The fourth-order valence-corrected chi connectivity index (χ4v) is 2.54. The summed E-state index contributed by atoms with van der Waals surface area (Å²) in [5.74, 6) is 0.681. The number of amides is 3. The van der Waals surface area contributed by atoms with E-state index in [1.807, 2.05) is 6.92 Å². The van der Waals surface area contributed by atoms with Gasteiger partial charge in [-0.2, -0.15) is 4.98 Å². The van der Waals surface area contributed by atoms with Gasteiger partial charge in [-0.05, 0) is 44.0 Å². The molecule has 1 aromatic carbocycles. The molecular formula is C17H21N5O4. The van der Waals surface area contributed by atoms with Crippen molar-refractivity contribution >= 4 is 17.6 Å². The van der Waals surface area contributed by atoms with E-state index in [0.717, 1.165) is 12.8 Å². The van der Waals surface area contributed by atoms with Gasteiger partial charge in [0.05, 0.1) is 6.54 Å². The quantitative estimate of drug-likeness (QED) is 0.726. The normalized spacial score (nSPS) is 16.3. The topological polar surface area (TPSA) is 118 Å². The highest BCUT2D eigenvalue weighted by atomic mass is 16.5. The first-order chi connectivity index (χ1) is 12.7. The first-order valence-corrected chi connectivity index (χ1v) is 8.53. The standard InChI is InChI=1S/C17H21N5O4/c1-2-18-15(23)11-5-7-12(8-6-11)20-17(24)19-10-14-21-16(26-22-14)13-4-3-9-25-13/h5-8,13H,2-4,9-10H2,1H3,(H,18,23)(H2,19,20,24). The summed E-state index contributed by atoms with van der Waals surface area (Å²) in [4.78, 5) is 27.9. The zero-order valence-corrected chi connectivity index (χ0v) is 14.4. The third-order valence-corrected chi connectivity index (χ3v) is 3.84. The average Bonchev–Trinajstić information content (AvgIpc) is 3.32. The van der Waals surface area contributed by atoms with Crippen molar-refractivity contribution in [2.45, 2.75) is 32.4 Å². The van der Waals surface area contributed by atoms with Gasteiger partial charge >= 0.3 is 6.03 Å². The molecule has 1 atom stereocenters. The summed E-state index contributed by atoms with van der Waals surface area (Å²) in [6.45, 7) is 3.25. The third kappa shape index (κ3) is 4.57. The fourth-order valence-electron chi connectivity index (χ4n) is 2.54.